The lowest BCUT2D eigenvalue weighted by molar-refractivity contribution is 0.0664. The van der Waals surface area contributed by atoms with Gasteiger partial charge in [0.25, 0.3) is 5.91 Å². The number of hydrogen-bond donors (Lipinski definition) is 3. The molecule has 0 saturated carbocycles. The number of benzene rings is 1. The molecule has 0 spiro atoms. The van der Waals surface area contributed by atoms with Crippen molar-refractivity contribution in [1.82, 2.24) is 30.1 Å². The van der Waals surface area contributed by atoms with Gasteiger partial charge in [0, 0.05) is 61.8 Å². The van der Waals surface area contributed by atoms with Gasteiger partial charge in [-0.1, -0.05) is 0 Å². The van der Waals surface area contributed by atoms with E-state index in [1.54, 1.807) is 17.5 Å². The maximum absolute atomic E-state index is 12.8. The first-order valence-electron chi connectivity index (χ1n) is 12.7. The average molecular weight is 515 g/mol. The van der Waals surface area contributed by atoms with E-state index < -0.39 is 0 Å². The molecule has 4 aromatic rings. The van der Waals surface area contributed by atoms with Crippen LogP contribution in [0.15, 0.2) is 54.0 Å². The van der Waals surface area contributed by atoms with Crippen LogP contribution in [-0.2, 0) is 0 Å². The Balaban J connectivity index is 1.19. The van der Waals surface area contributed by atoms with Crippen LogP contribution in [0.1, 0.15) is 16.8 Å². The molecule has 1 atom stereocenters. The largest absolute Gasteiger partial charge is 0.365 e. The fourth-order valence-electron chi connectivity index (χ4n) is 4.74. The number of rotatable bonds is 6. The van der Waals surface area contributed by atoms with Crippen LogP contribution in [0.25, 0.3) is 21.6 Å². The van der Waals surface area contributed by atoms with Crippen LogP contribution in [0.3, 0.4) is 0 Å². The molecule has 3 aromatic heterocycles. The maximum Gasteiger partial charge on any atom is 0.253 e. The quantitative estimate of drug-likeness (QED) is 0.359. The zero-order valence-corrected chi connectivity index (χ0v) is 21.6. The maximum atomic E-state index is 12.8. The van der Waals surface area contributed by atoms with Crippen molar-refractivity contribution < 1.29 is 4.79 Å². The second kappa shape index (κ2) is 10.4. The second-order valence-corrected chi connectivity index (χ2v) is 10.5. The summed E-state index contributed by atoms with van der Waals surface area (Å²) in [6.45, 7) is 5.31. The molecule has 1 amide bonds. The molecule has 2 fully saturated rings. The van der Waals surface area contributed by atoms with Crippen LogP contribution in [0.2, 0.25) is 0 Å². The molecular weight excluding hydrogens is 484 g/mol. The summed E-state index contributed by atoms with van der Waals surface area (Å²) in [7, 11) is 2.09. The van der Waals surface area contributed by atoms with Crippen molar-refractivity contribution >= 4 is 44.8 Å². The highest BCUT2D eigenvalue weighted by Crippen LogP contribution is 2.30. The molecule has 3 N–H and O–H groups in total. The van der Waals surface area contributed by atoms with Crippen molar-refractivity contribution in [3.8, 4) is 11.4 Å². The highest BCUT2D eigenvalue weighted by atomic mass is 32.1. The Bertz CT molecular complexity index is 1390. The predicted molar refractivity (Wildman–Crippen MR) is 149 cm³/mol. The van der Waals surface area contributed by atoms with Crippen molar-refractivity contribution in [1.29, 1.82) is 0 Å². The van der Waals surface area contributed by atoms with Crippen LogP contribution >= 0.6 is 11.3 Å². The van der Waals surface area contributed by atoms with E-state index in [9.17, 15) is 4.79 Å². The molecule has 2 saturated heterocycles. The molecule has 5 heterocycles. The van der Waals surface area contributed by atoms with Gasteiger partial charge in [-0.15, -0.1) is 11.3 Å². The Morgan fingerprint density at radius 1 is 1.08 bits per heavy atom. The summed E-state index contributed by atoms with van der Waals surface area (Å²) < 4.78 is 1.08. The zero-order valence-electron chi connectivity index (χ0n) is 20.8. The fourth-order valence-corrected chi connectivity index (χ4v) is 5.52. The Kier molecular flexibility index (Phi) is 6.69. The van der Waals surface area contributed by atoms with Gasteiger partial charge < -0.3 is 25.8 Å². The molecule has 9 nitrogen and oxygen atoms in total. The normalized spacial score (nSPS) is 18.3. The van der Waals surface area contributed by atoms with Crippen molar-refractivity contribution in [2.75, 3.05) is 56.9 Å². The predicted octanol–water partition coefficient (Wildman–Crippen LogP) is 3.66. The summed E-state index contributed by atoms with van der Waals surface area (Å²) in [5.41, 5.74) is 3.40. The third-order valence-corrected chi connectivity index (χ3v) is 7.83. The summed E-state index contributed by atoms with van der Waals surface area (Å²) in [5.74, 6) is 2.33. The van der Waals surface area contributed by atoms with E-state index in [0.717, 1.165) is 73.0 Å². The van der Waals surface area contributed by atoms with E-state index in [2.05, 4.69) is 38.3 Å². The number of pyridine rings is 1. The molecule has 190 valence electrons. The molecule has 0 unspecified atom stereocenters. The van der Waals surface area contributed by atoms with Gasteiger partial charge in [-0.3, -0.25) is 4.79 Å². The number of amides is 1. The smallest absolute Gasteiger partial charge is 0.253 e. The molecule has 0 bridgehead atoms. The van der Waals surface area contributed by atoms with Gasteiger partial charge in [0.05, 0.1) is 10.2 Å². The summed E-state index contributed by atoms with van der Waals surface area (Å²) >= 11 is 1.66. The lowest BCUT2D eigenvalue weighted by atomic mass is 10.1. The monoisotopic (exact) mass is 514 g/mol. The lowest BCUT2D eigenvalue weighted by Gasteiger charge is -2.32. The number of carbonyl (C=O) groups excluding carboxylic acids is 1. The molecule has 1 aromatic carbocycles. The first-order valence-corrected chi connectivity index (χ1v) is 13.5. The highest BCUT2D eigenvalue weighted by molar-refractivity contribution is 7.17. The first kappa shape index (κ1) is 23.8. The Morgan fingerprint density at radius 2 is 1.92 bits per heavy atom. The molecule has 2 aliphatic rings. The minimum atomic E-state index is 0.0820. The number of aromatic nitrogens is 3. The summed E-state index contributed by atoms with van der Waals surface area (Å²) in [6.07, 6.45) is 2.84. The number of nitrogens with zero attached hydrogens (tertiary/aromatic N) is 5. The molecule has 10 heteroatoms. The topological polar surface area (TPSA) is 98.3 Å². The standard InChI is InChI=1S/C27H30N8OS/c1-34-11-13-35(14-12-34)27(36)18-2-4-20(5-3-18)30-23-16-19(6-10-29-23)25-32-22-8-15-37-24(22)26(33-25)31-21-7-9-28-17-21/h2-6,8,10,15-16,21,28H,7,9,11-14,17H2,1H3,(H,29,30)(H,31,32,33)/t21-/m1/s1. The number of hydrogen-bond acceptors (Lipinski definition) is 9. The number of carbonyl (C=O) groups is 1. The van der Waals surface area contributed by atoms with E-state index in [4.69, 9.17) is 9.97 Å². The highest BCUT2D eigenvalue weighted by Gasteiger charge is 2.21. The Labute approximate surface area is 219 Å². The summed E-state index contributed by atoms with van der Waals surface area (Å²) in [4.78, 5) is 31.2. The van der Waals surface area contributed by atoms with Crippen LogP contribution in [-0.4, -0.2) is 83.0 Å². The first-order chi connectivity index (χ1) is 18.1. The minimum absolute atomic E-state index is 0.0820. The number of anilines is 3. The molecule has 0 aliphatic carbocycles. The number of likely N-dealkylation sites (N-methyl/N-ethyl adjacent to an activating group) is 1. The molecule has 2 aliphatic heterocycles. The molecule has 6 rings (SSSR count). The van der Waals surface area contributed by atoms with Gasteiger partial charge in [0.1, 0.15) is 11.6 Å². The minimum Gasteiger partial charge on any atom is -0.365 e. The molecular formula is C27H30N8OS. The Hall–Kier alpha value is -3.60. The third kappa shape index (κ3) is 5.27. The van der Waals surface area contributed by atoms with Crippen LogP contribution in [0.4, 0.5) is 17.3 Å². The summed E-state index contributed by atoms with van der Waals surface area (Å²) in [6, 6.07) is 13.9. The number of fused-ring (bicyclic) bond motifs is 1. The second-order valence-electron chi connectivity index (χ2n) is 9.59. The van der Waals surface area contributed by atoms with Gasteiger partial charge >= 0.3 is 0 Å². The van der Waals surface area contributed by atoms with Gasteiger partial charge in [-0.05, 0) is 67.9 Å². The number of thiophene rings is 1. The lowest BCUT2D eigenvalue weighted by Crippen LogP contribution is -2.47. The SMILES string of the molecule is CN1CCN(C(=O)c2ccc(Nc3cc(-c4nc(N[C@@H]5CCNC5)c5sccc5n4)ccn3)cc2)CC1. The van der Waals surface area contributed by atoms with Gasteiger partial charge in [-0.2, -0.15) is 0 Å². The van der Waals surface area contributed by atoms with Gasteiger partial charge in [0.2, 0.25) is 0 Å². The van der Waals surface area contributed by atoms with E-state index in [1.165, 1.54) is 0 Å². The average Bonchev–Trinajstić information content (AvgIpc) is 3.62. The van der Waals surface area contributed by atoms with E-state index in [1.807, 2.05) is 47.4 Å². The number of nitrogens with one attached hydrogen (secondary N) is 3. The third-order valence-electron chi connectivity index (χ3n) is 6.92. The van der Waals surface area contributed by atoms with Gasteiger partial charge in [0.15, 0.2) is 5.82 Å². The summed E-state index contributed by atoms with van der Waals surface area (Å²) in [5, 5.41) is 12.4. The van der Waals surface area contributed by atoms with E-state index in [-0.39, 0.29) is 5.91 Å². The molecule has 0 radical (unpaired) electrons. The molecule has 37 heavy (non-hydrogen) atoms. The van der Waals surface area contributed by atoms with Crippen molar-refractivity contribution in [2.45, 2.75) is 12.5 Å². The van der Waals surface area contributed by atoms with Crippen molar-refractivity contribution in [3.05, 3.63) is 59.6 Å². The van der Waals surface area contributed by atoms with E-state index >= 15 is 0 Å². The van der Waals surface area contributed by atoms with Gasteiger partial charge in [-0.25, -0.2) is 15.0 Å². The zero-order chi connectivity index (χ0) is 25.2. The van der Waals surface area contributed by atoms with Crippen LogP contribution < -0.4 is 16.0 Å². The van der Waals surface area contributed by atoms with Crippen molar-refractivity contribution in [3.63, 3.8) is 0 Å². The fraction of sp³-hybridized carbons (Fsp3) is 0.333. The Morgan fingerprint density at radius 3 is 2.70 bits per heavy atom. The van der Waals surface area contributed by atoms with E-state index in [0.29, 0.717) is 23.2 Å². The number of piperazine rings is 1. The van der Waals surface area contributed by atoms with Crippen LogP contribution in [0, 0.1) is 0 Å². The van der Waals surface area contributed by atoms with Crippen molar-refractivity contribution in [2.24, 2.45) is 0 Å². The van der Waals surface area contributed by atoms with Crippen LogP contribution in [0.5, 0.6) is 0 Å².